The fourth-order valence-corrected chi connectivity index (χ4v) is 5.16. The van der Waals surface area contributed by atoms with E-state index in [0.717, 1.165) is 12.2 Å². The maximum Gasteiger partial charge on any atom is 0.225 e. The van der Waals surface area contributed by atoms with Crippen LogP contribution in [0.3, 0.4) is 0 Å². The Kier molecular flexibility index (Phi) is 8.70. The number of nitrogens with one attached hydrogen (secondary N) is 1. The molecule has 1 aromatic heterocycles. The van der Waals surface area contributed by atoms with E-state index in [-0.39, 0.29) is 16.5 Å². The molecule has 0 saturated carbocycles. The third-order valence-electron chi connectivity index (χ3n) is 5.81. The summed E-state index contributed by atoms with van der Waals surface area (Å²) < 4.78 is 70.3. The third kappa shape index (κ3) is 5.54. The molecular formula is C26H24ClF3N4O3S. The van der Waals surface area contributed by atoms with Crippen molar-refractivity contribution in [2.45, 2.75) is 6.92 Å². The van der Waals surface area contributed by atoms with E-state index in [4.69, 9.17) is 21.1 Å². The van der Waals surface area contributed by atoms with E-state index >= 15 is 4.39 Å². The summed E-state index contributed by atoms with van der Waals surface area (Å²) in [6.07, 6.45) is 1.68. The lowest BCUT2D eigenvalue weighted by atomic mass is 10.0. The van der Waals surface area contributed by atoms with Crippen molar-refractivity contribution in [3.8, 4) is 16.9 Å². The van der Waals surface area contributed by atoms with E-state index in [1.807, 2.05) is 4.90 Å². The molecule has 12 heteroatoms. The van der Waals surface area contributed by atoms with Crippen molar-refractivity contribution in [1.82, 2.24) is 9.97 Å². The van der Waals surface area contributed by atoms with E-state index in [0.29, 0.717) is 54.3 Å². The standard InChI is InChI=1S/C26H24ClF3N4O3S/c1-4-18(28)24(19(29)5-2)38(35)33-20-8-6-7-16(22(20)30)15-13-17-23(21(14-15)36-3)31-26(27)32-25(17)34-9-11-37-12-10-34/h4-8,13-14,33H,1,9-12H2,2-3H3/b19-5+,24-18-. The molecule has 1 fully saturated rings. The Morgan fingerprint density at radius 1 is 1.26 bits per heavy atom. The molecule has 1 aliphatic heterocycles. The molecule has 4 rings (SSSR count). The Balaban J connectivity index is 1.82. The lowest BCUT2D eigenvalue weighted by Gasteiger charge is -2.29. The first-order chi connectivity index (χ1) is 18.3. The molecule has 0 radical (unpaired) electrons. The Morgan fingerprint density at radius 2 is 2.00 bits per heavy atom. The van der Waals surface area contributed by atoms with Crippen molar-refractivity contribution < 1.29 is 26.9 Å². The van der Waals surface area contributed by atoms with Gasteiger partial charge in [0.2, 0.25) is 5.28 Å². The van der Waals surface area contributed by atoms with Crippen LogP contribution in [0.4, 0.5) is 24.7 Å². The molecule has 1 unspecified atom stereocenters. The number of rotatable bonds is 8. The van der Waals surface area contributed by atoms with Gasteiger partial charge in [-0.2, -0.15) is 4.98 Å². The van der Waals surface area contributed by atoms with E-state index in [1.165, 1.54) is 32.2 Å². The number of fused-ring (bicyclic) bond motifs is 1. The molecule has 7 nitrogen and oxygen atoms in total. The minimum absolute atomic E-state index is 0.0360. The van der Waals surface area contributed by atoms with Gasteiger partial charge in [-0.1, -0.05) is 24.8 Å². The number of anilines is 2. The van der Waals surface area contributed by atoms with Crippen molar-refractivity contribution in [2.24, 2.45) is 0 Å². The Labute approximate surface area is 225 Å². The number of morpholine rings is 1. The van der Waals surface area contributed by atoms with Gasteiger partial charge in [-0.15, -0.1) is 0 Å². The first-order valence-corrected chi connectivity index (χ1v) is 13.0. The number of hydrogen-bond acceptors (Lipinski definition) is 6. The second-order valence-corrected chi connectivity index (χ2v) is 9.53. The highest BCUT2D eigenvalue weighted by molar-refractivity contribution is 7.90. The lowest BCUT2D eigenvalue weighted by molar-refractivity contribution is 0.122. The molecule has 2 aromatic carbocycles. The fourth-order valence-electron chi connectivity index (χ4n) is 3.99. The Bertz CT molecular complexity index is 1480. The average molecular weight is 565 g/mol. The minimum Gasteiger partial charge on any atom is -0.494 e. The summed E-state index contributed by atoms with van der Waals surface area (Å²) in [6, 6.07) is 7.66. The molecule has 1 N–H and O–H groups in total. The van der Waals surface area contributed by atoms with Gasteiger partial charge in [-0.3, -0.25) is 4.72 Å². The maximum absolute atomic E-state index is 15.7. The quantitative estimate of drug-likeness (QED) is 0.257. The van der Waals surface area contributed by atoms with Gasteiger partial charge >= 0.3 is 0 Å². The summed E-state index contributed by atoms with van der Waals surface area (Å²) in [7, 11) is -1.00. The van der Waals surface area contributed by atoms with Crippen LogP contribution in [0.1, 0.15) is 6.92 Å². The van der Waals surface area contributed by atoms with E-state index in [1.54, 1.807) is 12.1 Å². The van der Waals surface area contributed by atoms with Crippen LogP contribution in [0.5, 0.6) is 5.75 Å². The highest BCUT2D eigenvalue weighted by Crippen LogP contribution is 2.38. The van der Waals surface area contributed by atoms with Crippen molar-refractivity contribution in [2.75, 3.05) is 43.0 Å². The Morgan fingerprint density at radius 3 is 2.66 bits per heavy atom. The summed E-state index contributed by atoms with van der Waals surface area (Å²) in [5, 5.41) is 0.620. The lowest BCUT2D eigenvalue weighted by Crippen LogP contribution is -2.37. The van der Waals surface area contributed by atoms with Crippen LogP contribution in [0, 0.1) is 5.82 Å². The monoisotopic (exact) mass is 564 g/mol. The Hall–Kier alpha value is -3.41. The first kappa shape index (κ1) is 27.6. The predicted molar refractivity (Wildman–Crippen MR) is 144 cm³/mol. The summed E-state index contributed by atoms with van der Waals surface area (Å²) in [5.41, 5.74) is 0.759. The van der Waals surface area contributed by atoms with Crippen LogP contribution in [0.2, 0.25) is 5.28 Å². The largest absolute Gasteiger partial charge is 0.494 e. The normalized spacial score (nSPS) is 15.7. The summed E-state index contributed by atoms with van der Waals surface area (Å²) >= 11 is 6.21. The van der Waals surface area contributed by atoms with Crippen molar-refractivity contribution in [3.05, 3.63) is 76.7 Å². The molecule has 1 saturated heterocycles. The third-order valence-corrected chi connectivity index (χ3v) is 7.15. The van der Waals surface area contributed by atoms with Gasteiger partial charge < -0.3 is 14.4 Å². The number of allylic oxidation sites excluding steroid dienone is 4. The van der Waals surface area contributed by atoms with E-state index in [9.17, 15) is 13.0 Å². The van der Waals surface area contributed by atoms with Gasteiger partial charge in [0.15, 0.2) is 16.8 Å². The van der Waals surface area contributed by atoms with Crippen molar-refractivity contribution in [3.63, 3.8) is 0 Å². The molecule has 0 aliphatic carbocycles. The van der Waals surface area contributed by atoms with Crippen LogP contribution in [-0.4, -0.2) is 47.6 Å². The predicted octanol–water partition coefficient (Wildman–Crippen LogP) is 6.25. The highest BCUT2D eigenvalue weighted by atomic mass is 35.5. The number of aromatic nitrogens is 2. The van der Waals surface area contributed by atoms with Gasteiger partial charge in [0.1, 0.15) is 33.6 Å². The van der Waals surface area contributed by atoms with E-state index in [2.05, 4.69) is 21.3 Å². The van der Waals surface area contributed by atoms with Crippen LogP contribution < -0.4 is 14.4 Å². The van der Waals surface area contributed by atoms with Crippen LogP contribution in [0.15, 0.2) is 65.6 Å². The van der Waals surface area contributed by atoms with Crippen LogP contribution >= 0.6 is 11.6 Å². The second kappa shape index (κ2) is 12.0. The first-order valence-electron chi connectivity index (χ1n) is 11.5. The maximum atomic E-state index is 15.7. The van der Waals surface area contributed by atoms with Gasteiger partial charge in [0.05, 0.1) is 26.0 Å². The zero-order valence-corrected chi connectivity index (χ0v) is 22.1. The zero-order chi connectivity index (χ0) is 27.4. The highest BCUT2D eigenvalue weighted by Gasteiger charge is 2.23. The molecule has 0 spiro atoms. The number of hydrogen-bond donors (Lipinski definition) is 1. The number of nitrogens with zero attached hydrogens (tertiary/aromatic N) is 3. The molecule has 1 aliphatic rings. The number of ether oxygens (including phenoxy) is 2. The van der Waals surface area contributed by atoms with Crippen LogP contribution in [-0.2, 0) is 15.7 Å². The molecule has 2 heterocycles. The molecule has 3 aromatic rings. The van der Waals surface area contributed by atoms with Gasteiger partial charge in [0, 0.05) is 24.0 Å². The van der Waals surface area contributed by atoms with E-state index < -0.39 is 33.4 Å². The molecular weight excluding hydrogens is 541 g/mol. The van der Waals surface area contributed by atoms with Gasteiger partial charge in [0.25, 0.3) is 0 Å². The SMILES string of the molecule is C=C/C(F)=C(\C(F)=C/C)S(=O)Nc1cccc(-c2cc(OC)c3nc(Cl)nc(N4CCOCC4)c3c2)c1F. The summed E-state index contributed by atoms with van der Waals surface area (Å²) in [5.74, 6) is -2.08. The topological polar surface area (TPSA) is 76.6 Å². The molecule has 38 heavy (non-hydrogen) atoms. The molecule has 1 atom stereocenters. The van der Waals surface area contributed by atoms with Crippen molar-refractivity contribution >= 4 is 45.0 Å². The fraction of sp³-hybridized carbons (Fsp3) is 0.231. The number of benzene rings is 2. The number of methoxy groups -OCH3 is 1. The molecule has 0 amide bonds. The van der Waals surface area contributed by atoms with Crippen LogP contribution in [0.25, 0.3) is 22.0 Å². The second-order valence-electron chi connectivity index (χ2n) is 8.05. The van der Waals surface area contributed by atoms with Crippen molar-refractivity contribution in [1.29, 1.82) is 0 Å². The molecule has 0 bridgehead atoms. The average Bonchev–Trinajstić information content (AvgIpc) is 2.93. The minimum atomic E-state index is -2.46. The molecule has 200 valence electrons. The summed E-state index contributed by atoms with van der Waals surface area (Å²) in [6.45, 7) is 6.74. The number of halogens is 4. The smallest absolute Gasteiger partial charge is 0.225 e. The summed E-state index contributed by atoms with van der Waals surface area (Å²) in [4.78, 5) is 9.96. The zero-order valence-electron chi connectivity index (χ0n) is 20.6. The van der Waals surface area contributed by atoms with Gasteiger partial charge in [-0.05, 0) is 48.4 Å². The van der Waals surface area contributed by atoms with Gasteiger partial charge in [-0.25, -0.2) is 22.4 Å².